The lowest BCUT2D eigenvalue weighted by Gasteiger charge is -2.39. The lowest BCUT2D eigenvalue weighted by atomic mass is 9.93. The maximum Gasteiger partial charge on any atom is 0.323 e. The highest BCUT2D eigenvalue weighted by atomic mass is 35.5. The van der Waals surface area contributed by atoms with Crippen LogP contribution in [0.15, 0.2) is 42.5 Å². The maximum atomic E-state index is 12.6. The third kappa shape index (κ3) is 7.50. The van der Waals surface area contributed by atoms with Gasteiger partial charge in [-0.3, -0.25) is 9.69 Å². The van der Waals surface area contributed by atoms with Gasteiger partial charge in [-0.1, -0.05) is 46.9 Å². The van der Waals surface area contributed by atoms with Crippen molar-refractivity contribution >= 4 is 40.8 Å². The fraction of sp³-hybridized carbons (Fsp3) is 0.519. The molecule has 2 heterocycles. The number of nitrogens with zero attached hydrogens (tertiary/aromatic N) is 2. The van der Waals surface area contributed by atoms with E-state index in [4.69, 9.17) is 44.3 Å². The summed E-state index contributed by atoms with van der Waals surface area (Å²) in [6, 6.07) is 12.9. The lowest BCUT2D eigenvalue weighted by Crippen LogP contribution is -2.49. The minimum atomic E-state index is -0.253. The van der Waals surface area contributed by atoms with Crippen LogP contribution in [0.1, 0.15) is 31.2 Å². The Bertz CT molecular complexity index is 972. The molecule has 0 N–H and O–H groups in total. The van der Waals surface area contributed by atoms with Crippen molar-refractivity contribution in [2.75, 3.05) is 39.8 Å². The van der Waals surface area contributed by atoms with Crippen LogP contribution in [-0.2, 0) is 16.0 Å². The van der Waals surface area contributed by atoms with E-state index in [2.05, 4.69) is 9.80 Å². The average Bonchev–Trinajstić information content (AvgIpc) is 2.87. The molecule has 0 radical (unpaired) electrons. The standard InChI is InChI=1S/C27H33Cl3N2O3/c1-34-27(33)26(16-19-2-4-21(28)5-3-19)32-14-8-20(9-15-32)18-31-12-10-22(11-13-31)35-23-6-7-24(29)25(30)17-23/h2-7,17,20,22,26H,8-16,18H2,1H3. The van der Waals surface area contributed by atoms with E-state index in [0.29, 0.717) is 27.4 Å². The van der Waals surface area contributed by atoms with Gasteiger partial charge in [-0.2, -0.15) is 0 Å². The van der Waals surface area contributed by atoms with E-state index in [0.717, 1.165) is 69.7 Å². The number of carbonyl (C=O) groups excluding carboxylic acids is 1. The number of hydrogen-bond acceptors (Lipinski definition) is 5. The van der Waals surface area contributed by atoms with Crippen molar-refractivity contribution in [3.8, 4) is 5.75 Å². The molecule has 2 aliphatic rings. The monoisotopic (exact) mass is 538 g/mol. The van der Waals surface area contributed by atoms with Gasteiger partial charge >= 0.3 is 5.97 Å². The molecule has 1 unspecified atom stereocenters. The Hall–Kier alpha value is -1.50. The summed E-state index contributed by atoms with van der Waals surface area (Å²) in [4.78, 5) is 17.4. The fourth-order valence-electron chi connectivity index (χ4n) is 5.11. The number of benzene rings is 2. The molecule has 0 bridgehead atoms. The summed E-state index contributed by atoms with van der Waals surface area (Å²) in [5.41, 5.74) is 1.10. The molecule has 8 heteroatoms. The number of methoxy groups -OCH3 is 1. The van der Waals surface area contributed by atoms with E-state index in [1.807, 2.05) is 30.3 Å². The van der Waals surface area contributed by atoms with E-state index in [9.17, 15) is 4.79 Å². The second-order valence-electron chi connectivity index (χ2n) is 9.54. The van der Waals surface area contributed by atoms with Crippen LogP contribution in [0, 0.1) is 5.92 Å². The van der Waals surface area contributed by atoms with Gasteiger partial charge in [0.1, 0.15) is 17.9 Å². The number of hydrogen-bond donors (Lipinski definition) is 0. The molecule has 4 rings (SSSR count). The summed E-state index contributed by atoms with van der Waals surface area (Å²) >= 11 is 18.1. The molecule has 0 aliphatic carbocycles. The number of piperidine rings is 2. The first-order chi connectivity index (χ1) is 16.9. The second-order valence-corrected chi connectivity index (χ2v) is 10.8. The summed E-state index contributed by atoms with van der Waals surface area (Å²) in [6.07, 6.45) is 5.04. The molecule has 0 spiro atoms. The molecule has 0 saturated carbocycles. The summed E-state index contributed by atoms with van der Waals surface area (Å²) in [7, 11) is 1.47. The van der Waals surface area contributed by atoms with Gasteiger partial charge in [0.2, 0.25) is 0 Å². The maximum absolute atomic E-state index is 12.6. The highest BCUT2D eigenvalue weighted by Crippen LogP contribution is 2.29. The van der Waals surface area contributed by atoms with Crippen LogP contribution >= 0.6 is 34.8 Å². The Kier molecular flexibility index (Phi) is 9.60. The van der Waals surface area contributed by atoms with Crippen LogP contribution in [0.2, 0.25) is 15.1 Å². The van der Waals surface area contributed by atoms with E-state index < -0.39 is 0 Å². The Morgan fingerprint density at radius 1 is 0.943 bits per heavy atom. The van der Waals surface area contributed by atoms with Gasteiger partial charge in [-0.05, 0) is 80.9 Å². The summed E-state index contributed by atoms with van der Waals surface area (Å²) < 4.78 is 11.3. The summed E-state index contributed by atoms with van der Waals surface area (Å²) in [5.74, 6) is 1.26. The second kappa shape index (κ2) is 12.6. The van der Waals surface area contributed by atoms with Crippen molar-refractivity contribution in [3.05, 3.63) is 63.1 Å². The zero-order valence-corrected chi connectivity index (χ0v) is 22.4. The molecule has 35 heavy (non-hydrogen) atoms. The van der Waals surface area contributed by atoms with Crippen LogP contribution in [0.3, 0.4) is 0 Å². The van der Waals surface area contributed by atoms with Gasteiger partial charge in [0, 0.05) is 30.7 Å². The van der Waals surface area contributed by atoms with Gasteiger partial charge < -0.3 is 14.4 Å². The largest absolute Gasteiger partial charge is 0.490 e. The highest BCUT2D eigenvalue weighted by molar-refractivity contribution is 6.42. The Balaban J connectivity index is 1.22. The molecule has 2 fully saturated rings. The highest BCUT2D eigenvalue weighted by Gasteiger charge is 2.32. The smallest absolute Gasteiger partial charge is 0.323 e. The molecule has 2 aromatic carbocycles. The van der Waals surface area contributed by atoms with Gasteiger partial charge in [-0.15, -0.1) is 0 Å². The number of rotatable bonds is 8. The van der Waals surface area contributed by atoms with E-state index in [1.54, 1.807) is 12.1 Å². The quantitative estimate of drug-likeness (QED) is 0.386. The van der Waals surface area contributed by atoms with Crippen LogP contribution in [-0.4, -0.2) is 67.7 Å². The Morgan fingerprint density at radius 3 is 2.26 bits per heavy atom. The van der Waals surface area contributed by atoms with Crippen molar-refractivity contribution in [3.63, 3.8) is 0 Å². The van der Waals surface area contributed by atoms with Crippen molar-refractivity contribution in [2.45, 2.75) is 44.2 Å². The first kappa shape index (κ1) is 26.6. The van der Waals surface area contributed by atoms with Crippen molar-refractivity contribution in [1.29, 1.82) is 0 Å². The van der Waals surface area contributed by atoms with E-state index in [1.165, 1.54) is 7.11 Å². The summed E-state index contributed by atoms with van der Waals surface area (Å²) in [6.45, 7) is 5.00. The normalized spacial score (nSPS) is 19.4. The van der Waals surface area contributed by atoms with Crippen molar-refractivity contribution in [2.24, 2.45) is 5.92 Å². The first-order valence-electron chi connectivity index (χ1n) is 12.3. The number of esters is 1. The predicted octanol–water partition coefficient (Wildman–Crippen LogP) is 5.99. The Labute approximate surface area is 223 Å². The fourth-order valence-corrected chi connectivity index (χ4v) is 5.52. The molecule has 2 aromatic rings. The molecular formula is C27H33Cl3N2O3. The topological polar surface area (TPSA) is 42.0 Å². The molecule has 0 aromatic heterocycles. The van der Waals surface area contributed by atoms with Crippen LogP contribution in [0.25, 0.3) is 0 Å². The number of ether oxygens (including phenoxy) is 2. The molecule has 5 nitrogen and oxygen atoms in total. The molecule has 2 saturated heterocycles. The zero-order valence-electron chi connectivity index (χ0n) is 20.1. The van der Waals surface area contributed by atoms with Gasteiger partial charge in [0.25, 0.3) is 0 Å². The zero-order chi connectivity index (χ0) is 24.8. The predicted molar refractivity (Wildman–Crippen MR) is 142 cm³/mol. The lowest BCUT2D eigenvalue weighted by molar-refractivity contribution is -0.147. The van der Waals surface area contributed by atoms with Gasteiger partial charge in [0.05, 0.1) is 17.2 Å². The van der Waals surface area contributed by atoms with Gasteiger partial charge in [0.15, 0.2) is 0 Å². The number of halogens is 3. The third-order valence-corrected chi connectivity index (χ3v) is 8.14. The minimum absolute atomic E-state index is 0.164. The average molecular weight is 540 g/mol. The van der Waals surface area contributed by atoms with Crippen molar-refractivity contribution in [1.82, 2.24) is 9.80 Å². The minimum Gasteiger partial charge on any atom is -0.490 e. The molecule has 2 aliphatic heterocycles. The SMILES string of the molecule is COC(=O)C(Cc1ccc(Cl)cc1)N1CCC(CN2CCC(Oc3ccc(Cl)c(Cl)c3)CC2)CC1. The summed E-state index contributed by atoms with van der Waals surface area (Å²) in [5, 5.41) is 1.77. The van der Waals surface area contributed by atoms with E-state index >= 15 is 0 Å². The van der Waals surface area contributed by atoms with Crippen LogP contribution in [0.5, 0.6) is 5.75 Å². The first-order valence-corrected chi connectivity index (χ1v) is 13.4. The number of carbonyl (C=O) groups is 1. The number of likely N-dealkylation sites (tertiary alicyclic amines) is 2. The Morgan fingerprint density at radius 2 is 1.63 bits per heavy atom. The van der Waals surface area contributed by atoms with E-state index in [-0.39, 0.29) is 18.1 Å². The van der Waals surface area contributed by atoms with Gasteiger partial charge in [-0.25, -0.2) is 0 Å². The van der Waals surface area contributed by atoms with Crippen LogP contribution < -0.4 is 4.74 Å². The molecular weight excluding hydrogens is 507 g/mol. The molecule has 0 amide bonds. The third-order valence-electron chi connectivity index (χ3n) is 7.15. The molecule has 1 atom stereocenters. The van der Waals surface area contributed by atoms with Crippen LogP contribution in [0.4, 0.5) is 0 Å². The molecule has 190 valence electrons. The van der Waals surface area contributed by atoms with Crippen molar-refractivity contribution < 1.29 is 14.3 Å².